The molecule has 0 saturated heterocycles. The van der Waals surface area contributed by atoms with Gasteiger partial charge in [0.05, 0.1) is 5.69 Å². The van der Waals surface area contributed by atoms with Crippen molar-refractivity contribution >= 4 is 29.3 Å². The maximum absolute atomic E-state index is 12.3. The molecule has 0 atom stereocenters. The molecule has 4 rings (SSSR count). The number of benzene rings is 1. The molecule has 1 saturated carbocycles. The number of carboxylic acids is 1. The lowest BCUT2D eigenvalue weighted by atomic mass is 9.89. The molecule has 1 aromatic carbocycles. The Balaban J connectivity index is 0.00000306. The van der Waals surface area contributed by atoms with Crippen LogP contribution < -0.4 is 10.9 Å². The molecule has 1 fully saturated rings. The van der Waals surface area contributed by atoms with E-state index in [2.05, 4.69) is 20.9 Å². The summed E-state index contributed by atoms with van der Waals surface area (Å²) in [5.41, 5.74) is 2.47. The second-order valence-corrected chi connectivity index (χ2v) is 8.79. The van der Waals surface area contributed by atoms with E-state index in [1.165, 1.54) is 37.8 Å². The molecule has 3 aromatic rings. The fourth-order valence-electron chi connectivity index (χ4n) is 4.94. The molecule has 0 spiro atoms. The van der Waals surface area contributed by atoms with Gasteiger partial charge >= 0.3 is 5.97 Å². The molecular weight excluding hydrogens is 442 g/mol. The van der Waals surface area contributed by atoms with Gasteiger partial charge in [-0.25, -0.2) is 4.79 Å². The number of aromatic nitrogens is 2. The van der Waals surface area contributed by atoms with Crippen LogP contribution >= 0.6 is 12.4 Å². The van der Waals surface area contributed by atoms with Crippen LogP contribution in [-0.2, 0) is 20.0 Å². The van der Waals surface area contributed by atoms with Crippen LogP contribution in [0.3, 0.4) is 0 Å². The van der Waals surface area contributed by atoms with Gasteiger partial charge in [0.1, 0.15) is 5.75 Å². The van der Waals surface area contributed by atoms with E-state index in [1.54, 1.807) is 0 Å². The third-order valence-electron chi connectivity index (χ3n) is 6.75. The summed E-state index contributed by atoms with van der Waals surface area (Å²) in [4.78, 5) is 26.4. The highest BCUT2D eigenvalue weighted by atomic mass is 35.5. The van der Waals surface area contributed by atoms with E-state index in [0.29, 0.717) is 17.7 Å². The summed E-state index contributed by atoms with van der Waals surface area (Å²) >= 11 is 0. The van der Waals surface area contributed by atoms with Crippen molar-refractivity contribution in [2.75, 3.05) is 6.54 Å². The number of nitrogens with zero attached hydrogens (tertiary/aromatic N) is 1. The SMILES string of the molecule is CCc1c(-c2ccc3c(c2)cc(CNCC2CCCCC2)n3C)[nH]c(=O)c(C(=O)O)c1O.Cl. The minimum Gasteiger partial charge on any atom is -0.506 e. The summed E-state index contributed by atoms with van der Waals surface area (Å²) in [6.07, 6.45) is 7.07. The van der Waals surface area contributed by atoms with E-state index in [1.807, 2.05) is 32.2 Å². The van der Waals surface area contributed by atoms with Crippen molar-refractivity contribution in [2.45, 2.75) is 52.0 Å². The van der Waals surface area contributed by atoms with Crippen molar-refractivity contribution < 1.29 is 15.0 Å². The number of hydrogen-bond donors (Lipinski definition) is 4. The topological polar surface area (TPSA) is 107 Å². The van der Waals surface area contributed by atoms with Crippen LogP contribution in [0.4, 0.5) is 0 Å². The summed E-state index contributed by atoms with van der Waals surface area (Å²) in [5, 5.41) is 24.3. The lowest BCUT2D eigenvalue weighted by molar-refractivity contribution is 0.0691. The van der Waals surface area contributed by atoms with Gasteiger partial charge in [0.15, 0.2) is 5.56 Å². The largest absolute Gasteiger partial charge is 0.506 e. The van der Waals surface area contributed by atoms with E-state index in [0.717, 1.165) is 35.5 Å². The third-order valence-corrected chi connectivity index (χ3v) is 6.75. The number of rotatable bonds is 7. The predicted octanol–water partition coefficient (Wildman–Crippen LogP) is 4.59. The molecule has 7 nitrogen and oxygen atoms in total. The fourth-order valence-corrected chi connectivity index (χ4v) is 4.94. The molecule has 0 bridgehead atoms. The lowest BCUT2D eigenvalue weighted by Crippen LogP contribution is -2.24. The molecule has 4 N–H and O–H groups in total. The monoisotopic (exact) mass is 473 g/mol. The van der Waals surface area contributed by atoms with E-state index < -0.39 is 22.8 Å². The Hall–Kier alpha value is -2.77. The summed E-state index contributed by atoms with van der Waals surface area (Å²) < 4.78 is 2.17. The quantitative estimate of drug-likeness (QED) is 0.401. The number of aromatic hydroxyl groups is 1. The normalized spacial score (nSPS) is 14.4. The summed E-state index contributed by atoms with van der Waals surface area (Å²) in [7, 11) is 2.05. The van der Waals surface area contributed by atoms with Gasteiger partial charge < -0.3 is 25.1 Å². The molecule has 2 heterocycles. The van der Waals surface area contributed by atoms with E-state index in [-0.39, 0.29) is 12.4 Å². The van der Waals surface area contributed by atoms with E-state index in [4.69, 9.17) is 0 Å². The van der Waals surface area contributed by atoms with Gasteiger partial charge in [-0.15, -0.1) is 12.4 Å². The molecule has 0 radical (unpaired) electrons. The van der Waals surface area contributed by atoms with Gasteiger partial charge in [0.2, 0.25) is 0 Å². The number of aromatic carboxylic acids is 1. The minimum atomic E-state index is -1.44. The number of halogens is 1. The fraction of sp³-hybridized carbons (Fsp3) is 0.440. The van der Waals surface area contributed by atoms with Gasteiger partial charge in [-0.3, -0.25) is 4.79 Å². The number of aromatic amines is 1. The predicted molar refractivity (Wildman–Crippen MR) is 133 cm³/mol. The summed E-state index contributed by atoms with van der Waals surface area (Å²) in [5.74, 6) is -1.12. The Kier molecular flexibility index (Phi) is 7.87. The van der Waals surface area contributed by atoms with Gasteiger partial charge in [-0.1, -0.05) is 32.3 Å². The van der Waals surface area contributed by atoms with Crippen molar-refractivity contribution in [3.05, 3.63) is 51.4 Å². The maximum atomic E-state index is 12.3. The summed E-state index contributed by atoms with van der Waals surface area (Å²) in [6.45, 7) is 3.66. The molecule has 8 heteroatoms. The average Bonchev–Trinajstić information content (AvgIpc) is 3.08. The second kappa shape index (κ2) is 10.4. The molecule has 178 valence electrons. The van der Waals surface area contributed by atoms with Crippen molar-refractivity contribution in [2.24, 2.45) is 13.0 Å². The molecule has 1 aliphatic rings. The average molecular weight is 474 g/mol. The maximum Gasteiger partial charge on any atom is 0.345 e. The smallest absolute Gasteiger partial charge is 0.345 e. The van der Waals surface area contributed by atoms with Crippen molar-refractivity contribution in [1.29, 1.82) is 0 Å². The zero-order chi connectivity index (χ0) is 22.8. The van der Waals surface area contributed by atoms with Crippen molar-refractivity contribution in [1.82, 2.24) is 14.9 Å². The number of pyridine rings is 1. The van der Waals surface area contributed by atoms with Gasteiger partial charge in [0, 0.05) is 35.8 Å². The standard InChI is InChI=1S/C25H31N3O4.ClH/c1-3-19-22(27-24(30)21(23(19)29)25(31)32)16-9-10-20-17(11-16)12-18(28(20)2)14-26-13-15-7-5-4-6-8-15;/h9-12,15,26H,3-8,13-14H2,1-2H3,(H,31,32)(H2,27,29,30);1H. The third kappa shape index (κ3) is 4.94. The zero-order valence-electron chi connectivity index (χ0n) is 19.1. The Morgan fingerprint density at radius 3 is 2.61 bits per heavy atom. The van der Waals surface area contributed by atoms with Gasteiger partial charge in [-0.05, 0) is 55.5 Å². The molecule has 0 unspecified atom stereocenters. The van der Waals surface area contributed by atoms with Crippen LogP contribution in [0, 0.1) is 5.92 Å². The first kappa shape index (κ1) is 24.9. The Morgan fingerprint density at radius 2 is 1.94 bits per heavy atom. The van der Waals surface area contributed by atoms with E-state index in [9.17, 15) is 19.8 Å². The molecular formula is C25H32ClN3O4. The van der Waals surface area contributed by atoms with E-state index >= 15 is 0 Å². The van der Waals surface area contributed by atoms with Gasteiger partial charge in [-0.2, -0.15) is 0 Å². The van der Waals surface area contributed by atoms with Crippen LogP contribution in [0.5, 0.6) is 5.75 Å². The lowest BCUT2D eigenvalue weighted by Gasteiger charge is -2.21. The Labute approximate surface area is 199 Å². The Morgan fingerprint density at radius 1 is 1.21 bits per heavy atom. The molecule has 33 heavy (non-hydrogen) atoms. The van der Waals surface area contributed by atoms with Crippen molar-refractivity contribution in [3.63, 3.8) is 0 Å². The first-order valence-electron chi connectivity index (χ1n) is 11.4. The van der Waals surface area contributed by atoms with Crippen LogP contribution in [0.25, 0.3) is 22.2 Å². The molecule has 2 aromatic heterocycles. The molecule has 0 amide bonds. The summed E-state index contributed by atoms with van der Waals surface area (Å²) in [6, 6.07) is 8.01. The number of hydrogen-bond acceptors (Lipinski definition) is 4. The highest BCUT2D eigenvalue weighted by molar-refractivity contribution is 5.92. The highest BCUT2D eigenvalue weighted by Gasteiger charge is 2.22. The minimum absolute atomic E-state index is 0. The van der Waals surface area contributed by atoms with Crippen LogP contribution in [0.2, 0.25) is 0 Å². The second-order valence-electron chi connectivity index (χ2n) is 8.79. The van der Waals surface area contributed by atoms with Crippen LogP contribution in [-0.4, -0.2) is 32.3 Å². The van der Waals surface area contributed by atoms with Crippen LogP contribution in [0.1, 0.15) is 60.6 Å². The van der Waals surface area contributed by atoms with Crippen LogP contribution in [0.15, 0.2) is 29.1 Å². The highest BCUT2D eigenvalue weighted by Crippen LogP contribution is 2.32. The first-order valence-corrected chi connectivity index (χ1v) is 11.4. The number of nitrogens with one attached hydrogen (secondary N) is 2. The zero-order valence-corrected chi connectivity index (χ0v) is 19.9. The first-order chi connectivity index (χ1) is 15.4. The number of carbonyl (C=O) groups is 1. The number of carboxylic acid groups (broad SMARTS) is 1. The number of fused-ring (bicyclic) bond motifs is 1. The number of aryl methyl sites for hydroxylation is 1. The van der Waals surface area contributed by atoms with Crippen molar-refractivity contribution in [3.8, 4) is 17.0 Å². The molecule has 0 aliphatic heterocycles. The molecule has 1 aliphatic carbocycles. The van der Waals surface area contributed by atoms with Gasteiger partial charge in [0.25, 0.3) is 5.56 Å². The number of H-pyrrole nitrogens is 1. The Bertz CT molecular complexity index is 1210.